The van der Waals surface area contributed by atoms with Gasteiger partial charge in [-0.15, -0.1) is 0 Å². The van der Waals surface area contributed by atoms with Crippen molar-refractivity contribution in [3.8, 4) is 5.75 Å². The topological polar surface area (TPSA) is 93.5 Å². The average molecular weight is 379 g/mol. The number of para-hydroxylation sites is 1. The van der Waals surface area contributed by atoms with Crippen LogP contribution in [0.25, 0.3) is 0 Å². The number of amides is 2. The van der Waals surface area contributed by atoms with Gasteiger partial charge in [-0.1, -0.05) is 47.6 Å². The van der Waals surface area contributed by atoms with Gasteiger partial charge in [-0.3, -0.25) is 9.59 Å². The van der Waals surface area contributed by atoms with Gasteiger partial charge in [0.2, 0.25) is 0 Å². The Hall–Kier alpha value is -3.61. The molecule has 2 amide bonds. The first-order valence-corrected chi connectivity index (χ1v) is 8.85. The molecule has 0 aliphatic rings. The molecule has 0 spiro atoms. The number of aromatic nitrogens is 1. The van der Waals surface area contributed by atoms with Gasteiger partial charge in [0, 0.05) is 12.6 Å². The number of carbonyl (C=O) groups excluding carboxylic acids is 2. The predicted octanol–water partition coefficient (Wildman–Crippen LogP) is 3.32. The van der Waals surface area contributed by atoms with Crippen molar-refractivity contribution in [2.75, 3.05) is 5.32 Å². The van der Waals surface area contributed by atoms with Gasteiger partial charge in [-0.2, -0.15) is 0 Å². The van der Waals surface area contributed by atoms with E-state index in [-0.39, 0.29) is 5.91 Å². The fraction of sp³-hybridized carbons (Fsp3) is 0.190. The summed E-state index contributed by atoms with van der Waals surface area (Å²) >= 11 is 0. The summed E-state index contributed by atoms with van der Waals surface area (Å²) in [5, 5.41) is 9.19. The van der Waals surface area contributed by atoms with E-state index in [1.807, 2.05) is 30.3 Å². The number of rotatable bonds is 7. The number of hydrogen-bond donors (Lipinski definition) is 2. The lowest BCUT2D eigenvalue weighted by Gasteiger charge is -2.16. The molecule has 0 fully saturated rings. The molecule has 1 atom stereocenters. The third-order valence-electron chi connectivity index (χ3n) is 3.98. The van der Waals surface area contributed by atoms with Crippen LogP contribution in [0.15, 0.2) is 65.2 Å². The van der Waals surface area contributed by atoms with Crippen LogP contribution < -0.4 is 15.4 Å². The van der Waals surface area contributed by atoms with Crippen molar-refractivity contribution in [1.29, 1.82) is 0 Å². The van der Waals surface area contributed by atoms with Gasteiger partial charge in [0.1, 0.15) is 11.5 Å². The molecule has 0 aliphatic carbocycles. The number of ether oxygens (including phenoxy) is 1. The molecular weight excluding hydrogens is 358 g/mol. The number of aryl methyl sites for hydroxylation is 1. The van der Waals surface area contributed by atoms with Gasteiger partial charge in [0.25, 0.3) is 11.8 Å². The minimum atomic E-state index is -0.833. The minimum absolute atomic E-state index is 0.279. The van der Waals surface area contributed by atoms with Crippen molar-refractivity contribution < 1.29 is 18.8 Å². The molecule has 3 aromatic rings. The number of nitrogens with zero attached hydrogens (tertiary/aromatic N) is 1. The number of anilines is 1. The molecule has 7 nitrogen and oxygen atoms in total. The molecule has 0 aliphatic heterocycles. The van der Waals surface area contributed by atoms with E-state index in [2.05, 4.69) is 15.8 Å². The van der Waals surface area contributed by atoms with Crippen molar-refractivity contribution >= 4 is 17.6 Å². The molecule has 7 heteroatoms. The van der Waals surface area contributed by atoms with Crippen LogP contribution in [-0.2, 0) is 11.3 Å². The van der Waals surface area contributed by atoms with Crippen LogP contribution in [0, 0.1) is 6.92 Å². The largest absolute Gasteiger partial charge is 0.480 e. The Morgan fingerprint density at radius 3 is 2.54 bits per heavy atom. The first kappa shape index (κ1) is 19.2. The van der Waals surface area contributed by atoms with Crippen LogP contribution in [0.3, 0.4) is 0 Å². The second-order valence-corrected chi connectivity index (χ2v) is 6.24. The second-order valence-electron chi connectivity index (χ2n) is 6.24. The number of nitrogens with one attached hydrogen (secondary N) is 2. The molecule has 1 heterocycles. The van der Waals surface area contributed by atoms with Gasteiger partial charge in [-0.05, 0) is 31.5 Å². The first-order valence-electron chi connectivity index (χ1n) is 8.85. The molecule has 2 aromatic carbocycles. The molecule has 1 aromatic heterocycles. The SMILES string of the molecule is Cc1cc(NC(=O)[C@@H](C)Oc2ccccc2C(=O)NCc2ccccc2)no1. The molecule has 0 bridgehead atoms. The fourth-order valence-electron chi connectivity index (χ4n) is 2.53. The van der Waals surface area contributed by atoms with Gasteiger partial charge in [0.05, 0.1) is 5.56 Å². The van der Waals surface area contributed by atoms with Crippen LogP contribution in [-0.4, -0.2) is 23.1 Å². The molecule has 0 saturated heterocycles. The van der Waals surface area contributed by atoms with Gasteiger partial charge in [-0.25, -0.2) is 0 Å². The quantitative estimate of drug-likeness (QED) is 0.657. The normalized spacial score (nSPS) is 11.5. The van der Waals surface area contributed by atoms with Crippen LogP contribution in [0.4, 0.5) is 5.82 Å². The van der Waals surface area contributed by atoms with E-state index < -0.39 is 12.0 Å². The number of hydrogen-bond acceptors (Lipinski definition) is 5. The summed E-state index contributed by atoms with van der Waals surface area (Å²) in [6.07, 6.45) is -0.833. The van der Waals surface area contributed by atoms with Crippen LogP contribution in [0.2, 0.25) is 0 Å². The molecule has 0 radical (unpaired) electrons. The van der Waals surface area contributed by atoms with Gasteiger partial charge < -0.3 is 19.9 Å². The summed E-state index contributed by atoms with van der Waals surface area (Å²) in [6, 6.07) is 18.0. The second kappa shape index (κ2) is 8.85. The van der Waals surface area contributed by atoms with Gasteiger partial charge >= 0.3 is 0 Å². The highest BCUT2D eigenvalue weighted by atomic mass is 16.5. The highest BCUT2D eigenvalue weighted by molar-refractivity contribution is 5.97. The average Bonchev–Trinajstić information content (AvgIpc) is 3.12. The zero-order chi connectivity index (χ0) is 19.9. The highest BCUT2D eigenvalue weighted by Crippen LogP contribution is 2.20. The van der Waals surface area contributed by atoms with E-state index in [1.54, 1.807) is 44.2 Å². The monoisotopic (exact) mass is 379 g/mol. The van der Waals surface area contributed by atoms with E-state index in [0.717, 1.165) is 5.56 Å². The summed E-state index contributed by atoms with van der Waals surface area (Å²) in [4.78, 5) is 24.9. The maximum Gasteiger partial charge on any atom is 0.266 e. The van der Waals surface area contributed by atoms with E-state index in [4.69, 9.17) is 9.26 Å². The van der Waals surface area contributed by atoms with Crippen LogP contribution >= 0.6 is 0 Å². The fourth-order valence-corrected chi connectivity index (χ4v) is 2.53. The minimum Gasteiger partial charge on any atom is -0.480 e. The van der Waals surface area contributed by atoms with Crippen molar-refractivity contribution in [2.24, 2.45) is 0 Å². The van der Waals surface area contributed by atoms with E-state index in [1.165, 1.54) is 0 Å². The van der Waals surface area contributed by atoms with Crippen molar-refractivity contribution in [2.45, 2.75) is 26.5 Å². The smallest absolute Gasteiger partial charge is 0.266 e. The van der Waals surface area contributed by atoms with Crippen molar-refractivity contribution in [1.82, 2.24) is 10.5 Å². The Labute approximate surface area is 162 Å². The third-order valence-corrected chi connectivity index (χ3v) is 3.98. The lowest BCUT2D eigenvalue weighted by molar-refractivity contribution is -0.122. The third kappa shape index (κ3) is 4.97. The molecular formula is C21H21N3O4. The Morgan fingerprint density at radius 2 is 1.82 bits per heavy atom. The zero-order valence-corrected chi connectivity index (χ0v) is 15.6. The van der Waals surface area contributed by atoms with Crippen molar-refractivity contribution in [3.05, 3.63) is 77.6 Å². The van der Waals surface area contributed by atoms with E-state index in [9.17, 15) is 9.59 Å². The lowest BCUT2D eigenvalue weighted by atomic mass is 10.1. The molecule has 2 N–H and O–H groups in total. The summed E-state index contributed by atoms with van der Waals surface area (Å²) in [5.74, 6) is 0.551. The number of carbonyl (C=O) groups is 2. The molecule has 3 rings (SSSR count). The van der Waals surface area contributed by atoms with Crippen molar-refractivity contribution in [3.63, 3.8) is 0 Å². The zero-order valence-electron chi connectivity index (χ0n) is 15.6. The van der Waals surface area contributed by atoms with Crippen LogP contribution in [0.5, 0.6) is 5.75 Å². The molecule has 144 valence electrons. The molecule has 28 heavy (non-hydrogen) atoms. The standard InChI is InChI=1S/C21H21N3O4/c1-14-12-19(24-28-14)23-20(25)15(2)27-18-11-7-6-10-17(18)21(26)22-13-16-8-4-3-5-9-16/h3-12,15H,13H2,1-2H3,(H,22,26)(H,23,24,25)/t15-/m1/s1. The van der Waals surface area contributed by atoms with E-state index in [0.29, 0.717) is 29.4 Å². The first-order chi connectivity index (χ1) is 13.5. The van der Waals surface area contributed by atoms with Crippen LogP contribution in [0.1, 0.15) is 28.6 Å². The Bertz CT molecular complexity index is 953. The maximum absolute atomic E-state index is 12.6. The molecule has 0 saturated carbocycles. The Morgan fingerprint density at radius 1 is 1.11 bits per heavy atom. The summed E-state index contributed by atoms with van der Waals surface area (Å²) < 4.78 is 10.6. The summed E-state index contributed by atoms with van der Waals surface area (Å²) in [5.41, 5.74) is 1.35. The Balaban J connectivity index is 1.64. The predicted molar refractivity (Wildman–Crippen MR) is 104 cm³/mol. The summed E-state index contributed by atoms with van der Waals surface area (Å²) in [7, 11) is 0. The lowest BCUT2D eigenvalue weighted by Crippen LogP contribution is -2.31. The van der Waals surface area contributed by atoms with Gasteiger partial charge in [0.15, 0.2) is 11.9 Å². The Kier molecular flexibility index (Phi) is 6.06. The van der Waals surface area contributed by atoms with E-state index >= 15 is 0 Å². The number of benzene rings is 2. The summed E-state index contributed by atoms with van der Waals surface area (Å²) in [6.45, 7) is 3.73. The highest BCUT2D eigenvalue weighted by Gasteiger charge is 2.20. The maximum atomic E-state index is 12.6. The molecule has 0 unspecified atom stereocenters.